The Bertz CT molecular complexity index is 782. The summed E-state index contributed by atoms with van der Waals surface area (Å²) in [6, 6.07) is 7.47. The van der Waals surface area contributed by atoms with Gasteiger partial charge in [0.25, 0.3) is 0 Å². The maximum Gasteiger partial charge on any atom is 0.223 e. The second-order valence-electron chi connectivity index (χ2n) is 6.92. The number of hydrogen-bond acceptors (Lipinski definition) is 5. The number of rotatable bonds is 5. The Labute approximate surface area is 166 Å². The molecule has 9 heteroatoms. The molecule has 0 saturated carbocycles. The lowest BCUT2D eigenvalue weighted by atomic mass is 9.98. The largest absolute Gasteiger partial charge is 0.496 e. The molecule has 1 saturated heterocycles. The highest BCUT2D eigenvalue weighted by atomic mass is 32.2. The topological polar surface area (TPSA) is 105 Å². The number of carbonyl (C=O) groups is 2. The third kappa shape index (κ3) is 6.79. The molecular formula is C19H29N3O5S. The van der Waals surface area contributed by atoms with Crippen molar-refractivity contribution in [1.29, 1.82) is 0 Å². The molecule has 2 N–H and O–H groups in total. The van der Waals surface area contributed by atoms with Crippen molar-refractivity contribution in [3.63, 3.8) is 0 Å². The predicted molar refractivity (Wildman–Crippen MR) is 106 cm³/mol. The van der Waals surface area contributed by atoms with Gasteiger partial charge in [0.05, 0.1) is 13.4 Å². The normalized spacial score (nSPS) is 19.9. The van der Waals surface area contributed by atoms with Gasteiger partial charge < -0.3 is 15.4 Å². The van der Waals surface area contributed by atoms with Crippen molar-refractivity contribution in [2.24, 2.45) is 5.92 Å². The number of nitrogens with zero attached hydrogens (tertiary/aromatic N) is 1. The molecule has 2 amide bonds. The number of carbonyl (C=O) groups excluding carboxylic acids is 2. The zero-order valence-corrected chi connectivity index (χ0v) is 17.3. The highest BCUT2D eigenvalue weighted by Crippen LogP contribution is 2.18. The van der Waals surface area contributed by atoms with Crippen molar-refractivity contribution < 1.29 is 22.7 Å². The van der Waals surface area contributed by atoms with Gasteiger partial charge in [-0.25, -0.2) is 12.7 Å². The van der Waals surface area contributed by atoms with E-state index in [4.69, 9.17) is 4.74 Å². The summed E-state index contributed by atoms with van der Waals surface area (Å²) in [4.78, 5) is 24.6. The Morgan fingerprint density at radius 2 is 2.04 bits per heavy atom. The van der Waals surface area contributed by atoms with Crippen LogP contribution in [0.25, 0.3) is 0 Å². The molecule has 0 radical (unpaired) electrons. The quantitative estimate of drug-likeness (QED) is 0.748. The van der Waals surface area contributed by atoms with Gasteiger partial charge in [-0.2, -0.15) is 0 Å². The van der Waals surface area contributed by atoms with Gasteiger partial charge in [0, 0.05) is 44.1 Å². The maximum atomic E-state index is 12.7. The molecule has 0 spiro atoms. The predicted octanol–water partition coefficient (Wildman–Crippen LogP) is 0.879. The minimum atomic E-state index is -3.38. The number of nitrogens with one attached hydrogen (secondary N) is 2. The molecule has 1 aliphatic rings. The first-order chi connectivity index (χ1) is 13.3. The third-order valence-corrected chi connectivity index (χ3v) is 6.15. The zero-order valence-electron chi connectivity index (χ0n) is 16.4. The van der Waals surface area contributed by atoms with Crippen LogP contribution in [0.15, 0.2) is 24.3 Å². The van der Waals surface area contributed by atoms with Gasteiger partial charge in [-0.3, -0.25) is 9.59 Å². The molecule has 8 nitrogen and oxygen atoms in total. The molecule has 0 unspecified atom stereocenters. The monoisotopic (exact) mass is 411 g/mol. The van der Waals surface area contributed by atoms with E-state index in [1.807, 2.05) is 24.3 Å². The Hall–Kier alpha value is -2.13. The van der Waals surface area contributed by atoms with E-state index in [2.05, 4.69) is 10.6 Å². The minimum absolute atomic E-state index is 0.106. The summed E-state index contributed by atoms with van der Waals surface area (Å²) in [6.45, 7) is 1.21. The number of para-hydroxylation sites is 1. The van der Waals surface area contributed by atoms with E-state index in [1.165, 1.54) is 4.31 Å². The van der Waals surface area contributed by atoms with Crippen LogP contribution in [0.3, 0.4) is 0 Å². The second-order valence-corrected chi connectivity index (χ2v) is 8.90. The molecule has 1 aromatic carbocycles. The summed E-state index contributed by atoms with van der Waals surface area (Å²) in [5, 5.41) is 5.70. The van der Waals surface area contributed by atoms with Crippen LogP contribution in [0.2, 0.25) is 0 Å². The number of benzene rings is 1. The molecule has 28 heavy (non-hydrogen) atoms. The van der Waals surface area contributed by atoms with Crippen LogP contribution in [-0.4, -0.2) is 57.5 Å². The lowest BCUT2D eigenvalue weighted by molar-refractivity contribution is -0.126. The highest BCUT2D eigenvalue weighted by Gasteiger charge is 2.23. The van der Waals surface area contributed by atoms with Crippen LogP contribution in [0.5, 0.6) is 5.75 Å². The number of methoxy groups -OCH3 is 1. The summed E-state index contributed by atoms with van der Waals surface area (Å²) in [7, 11) is -1.80. The van der Waals surface area contributed by atoms with Gasteiger partial charge in [0.1, 0.15) is 5.75 Å². The van der Waals surface area contributed by atoms with Gasteiger partial charge in [-0.05, 0) is 25.3 Å². The van der Waals surface area contributed by atoms with E-state index in [9.17, 15) is 18.0 Å². The van der Waals surface area contributed by atoms with E-state index < -0.39 is 10.0 Å². The van der Waals surface area contributed by atoms with Gasteiger partial charge in [0.2, 0.25) is 21.8 Å². The van der Waals surface area contributed by atoms with E-state index in [0.717, 1.165) is 11.8 Å². The fourth-order valence-corrected chi connectivity index (χ4v) is 4.12. The van der Waals surface area contributed by atoms with Crippen LogP contribution in [0.1, 0.15) is 31.2 Å². The third-order valence-electron chi connectivity index (χ3n) is 4.85. The lowest BCUT2D eigenvalue weighted by Gasteiger charge is -2.20. The van der Waals surface area contributed by atoms with Gasteiger partial charge >= 0.3 is 0 Å². The molecule has 0 aromatic heterocycles. The highest BCUT2D eigenvalue weighted by molar-refractivity contribution is 7.88. The molecule has 156 valence electrons. The molecule has 0 aliphatic carbocycles. The molecule has 1 fully saturated rings. The fourth-order valence-electron chi connectivity index (χ4n) is 3.24. The zero-order chi connectivity index (χ0) is 20.6. The molecule has 0 bridgehead atoms. The number of sulfonamides is 1. The van der Waals surface area contributed by atoms with Crippen LogP contribution < -0.4 is 15.4 Å². The van der Waals surface area contributed by atoms with E-state index in [1.54, 1.807) is 7.11 Å². The fraction of sp³-hybridized carbons (Fsp3) is 0.579. The Morgan fingerprint density at radius 3 is 2.75 bits per heavy atom. The van der Waals surface area contributed by atoms with Gasteiger partial charge in [0.15, 0.2) is 0 Å². The van der Waals surface area contributed by atoms with Crippen LogP contribution in [0.4, 0.5) is 0 Å². The van der Waals surface area contributed by atoms with Crippen molar-refractivity contribution in [2.45, 2.75) is 32.2 Å². The molecular weight excluding hydrogens is 382 g/mol. The average molecular weight is 412 g/mol. The second kappa shape index (κ2) is 10.4. The molecule has 1 atom stereocenters. The SMILES string of the molecule is COc1ccccc1CNC(=O)[C@H]1CCCN(S(C)(=O)=O)CCC(=O)NCC1. The Morgan fingerprint density at radius 1 is 1.29 bits per heavy atom. The molecule has 2 rings (SSSR count). The van der Waals surface area contributed by atoms with Crippen molar-refractivity contribution >= 4 is 21.8 Å². The number of hydrogen-bond donors (Lipinski definition) is 2. The van der Waals surface area contributed by atoms with Crippen molar-refractivity contribution in [3.8, 4) is 5.75 Å². The van der Waals surface area contributed by atoms with Gasteiger partial charge in [-0.15, -0.1) is 0 Å². The van der Waals surface area contributed by atoms with E-state index >= 15 is 0 Å². The molecule has 1 aromatic rings. The number of ether oxygens (including phenoxy) is 1. The van der Waals surface area contributed by atoms with Crippen LogP contribution in [0, 0.1) is 5.92 Å². The summed E-state index contributed by atoms with van der Waals surface area (Å²) in [5.74, 6) is 0.102. The Balaban J connectivity index is 1.99. The first-order valence-electron chi connectivity index (χ1n) is 9.42. The molecule has 1 aliphatic heterocycles. The first-order valence-corrected chi connectivity index (χ1v) is 11.3. The van der Waals surface area contributed by atoms with Crippen molar-refractivity contribution in [2.75, 3.05) is 33.0 Å². The summed E-state index contributed by atoms with van der Waals surface area (Å²) in [6.07, 6.45) is 2.90. The number of amides is 2. The maximum absolute atomic E-state index is 12.7. The first kappa shape index (κ1) is 22.2. The summed E-state index contributed by atoms with van der Waals surface area (Å²) < 4.78 is 30.4. The Kier molecular flexibility index (Phi) is 8.25. The standard InChI is InChI=1S/C19H29N3O5S/c1-27-17-8-4-3-6-16(17)14-21-19(24)15-7-5-12-22(28(2,25)26)13-10-18(23)20-11-9-15/h3-4,6,8,15H,5,7,9-14H2,1-2H3,(H,20,23)(H,21,24)/t15-/m0/s1. The lowest BCUT2D eigenvalue weighted by Crippen LogP contribution is -2.35. The summed E-state index contributed by atoms with van der Waals surface area (Å²) >= 11 is 0. The minimum Gasteiger partial charge on any atom is -0.496 e. The average Bonchev–Trinajstić information content (AvgIpc) is 2.70. The van der Waals surface area contributed by atoms with Crippen LogP contribution >= 0.6 is 0 Å². The summed E-state index contributed by atoms with van der Waals surface area (Å²) in [5.41, 5.74) is 0.881. The van der Waals surface area contributed by atoms with E-state index in [-0.39, 0.29) is 30.7 Å². The van der Waals surface area contributed by atoms with Crippen molar-refractivity contribution in [1.82, 2.24) is 14.9 Å². The van der Waals surface area contributed by atoms with E-state index in [0.29, 0.717) is 44.6 Å². The van der Waals surface area contributed by atoms with Crippen LogP contribution in [-0.2, 0) is 26.2 Å². The van der Waals surface area contributed by atoms with Crippen molar-refractivity contribution in [3.05, 3.63) is 29.8 Å². The smallest absolute Gasteiger partial charge is 0.223 e. The van der Waals surface area contributed by atoms with Gasteiger partial charge in [-0.1, -0.05) is 18.2 Å². The molecule has 1 heterocycles.